The Bertz CT molecular complexity index is 843. The number of rotatable bonds is 14. The maximum absolute atomic E-state index is 12.9. The molecule has 7 heteroatoms. The van der Waals surface area contributed by atoms with Crippen LogP contribution in [-0.2, 0) is 36.7 Å². The molecule has 0 saturated carbocycles. The minimum Gasteiger partial charge on any atom is -0.490 e. The first kappa shape index (κ1) is 26.9. The van der Waals surface area contributed by atoms with E-state index in [-0.39, 0.29) is 42.8 Å². The van der Waals surface area contributed by atoms with E-state index >= 15 is 0 Å². The second-order valence-corrected chi connectivity index (χ2v) is 8.28. The predicted octanol–water partition coefficient (Wildman–Crippen LogP) is 4.20. The van der Waals surface area contributed by atoms with Crippen molar-refractivity contribution in [1.82, 2.24) is 0 Å². The highest BCUT2D eigenvalue weighted by atomic mass is 16.6. The van der Waals surface area contributed by atoms with Gasteiger partial charge in [0, 0.05) is 25.7 Å². The van der Waals surface area contributed by atoms with Crippen LogP contribution in [-0.4, -0.2) is 44.1 Å². The lowest BCUT2D eigenvalue weighted by atomic mass is 9.87. The Balaban J connectivity index is 1.77. The van der Waals surface area contributed by atoms with Crippen molar-refractivity contribution in [2.24, 2.45) is 11.8 Å². The van der Waals surface area contributed by atoms with Gasteiger partial charge in [-0.2, -0.15) is 0 Å². The molecule has 0 saturated heterocycles. The van der Waals surface area contributed by atoms with Crippen molar-refractivity contribution >= 4 is 17.7 Å². The Morgan fingerprint density at radius 1 is 0.618 bits per heavy atom. The Labute approximate surface area is 201 Å². The lowest BCUT2D eigenvalue weighted by molar-refractivity contribution is -0.142. The van der Waals surface area contributed by atoms with Crippen LogP contribution in [0.5, 0.6) is 11.5 Å². The molecule has 0 amide bonds. The van der Waals surface area contributed by atoms with Gasteiger partial charge >= 0.3 is 11.9 Å². The normalized spacial score (nSPS) is 12.4. The van der Waals surface area contributed by atoms with Crippen molar-refractivity contribution in [3.05, 3.63) is 59.7 Å². The summed E-state index contributed by atoms with van der Waals surface area (Å²) in [5.41, 5.74) is 2.13. The van der Waals surface area contributed by atoms with E-state index in [0.717, 1.165) is 11.1 Å². The smallest absolute Gasteiger partial charge is 0.302 e. The zero-order valence-electron chi connectivity index (χ0n) is 20.4. The van der Waals surface area contributed by atoms with Gasteiger partial charge < -0.3 is 18.9 Å². The Hall–Kier alpha value is -3.35. The minimum atomic E-state index is -0.328. The van der Waals surface area contributed by atoms with Crippen molar-refractivity contribution in [3.63, 3.8) is 0 Å². The van der Waals surface area contributed by atoms with Gasteiger partial charge in [-0.1, -0.05) is 38.1 Å². The molecule has 0 fully saturated rings. The first-order valence-corrected chi connectivity index (χ1v) is 11.5. The van der Waals surface area contributed by atoms with Gasteiger partial charge in [-0.3, -0.25) is 14.4 Å². The summed E-state index contributed by atoms with van der Waals surface area (Å²) in [5.74, 6) is 0.758. The van der Waals surface area contributed by atoms with Crippen LogP contribution < -0.4 is 9.47 Å². The number of ether oxygens (including phenoxy) is 4. The SMILES string of the molecule is CC(=O)OCCOc1ccc(CC(C)C(=O)C(C)Cc2ccc(OCCOC(C)=O)cc2)cc1. The molecule has 184 valence electrons. The Morgan fingerprint density at radius 2 is 0.971 bits per heavy atom. The van der Waals surface area contributed by atoms with Crippen LogP contribution in [0.2, 0.25) is 0 Å². The van der Waals surface area contributed by atoms with Crippen LogP contribution in [0.4, 0.5) is 0 Å². The molecule has 0 bridgehead atoms. The number of esters is 2. The quantitative estimate of drug-likeness (QED) is 0.302. The van der Waals surface area contributed by atoms with Crippen LogP contribution in [0.1, 0.15) is 38.8 Å². The lowest BCUT2D eigenvalue weighted by Crippen LogP contribution is -2.22. The highest BCUT2D eigenvalue weighted by molar-refractivity contribution is 5.83. The van der Waals surface area contributed by atoms with Gasteiger partial charge in [-0.05, 0) is 48.2 Å². The van der Waals surface area contributed by atoms with E-state index in [4.69, 9.17) is 18.9 Å². The average molecular weight is 471 g/mol. The summed E-state index contributed by atoms with van der Waals surface area (Å²) in [5, 5.41) is 0. The Morgan fingerprint density at radius 3 is 1.29 bits per heavy atom. The van der Waals surface area contributed by atoms with Crippen molar-refractivity contribution in [1.29, 1.82) is 0 Å². The number of carbonyl (C=O) groups is 3. The summed E-state index contributed by atoms with van der Waals surface area (Å²) in [4.78, 5) is 34.4. The molecule has 0 aliphatic rings. The molecule has 2 unspecified atom stereocenters. The number of benzene rings is 2. The number of carbonyl (C=O) groups excluding carboxylic acids is 3. The molecule has 0 aliphatic heterocycles. The third-order valence-corrected chi connectivity index (χ3v) is 5.22. The molecule has 0 N–H and O–H groups in total. The molecule has 0 aromatic heterocycles. The number of Topliss-reactive ketones (excluding diaryl/α,β-unsaturated/α-hetero) is 1. The van der Waals surface area contributed by atoms with E-state index in [2.05, 4.69) is 0 Å². The summed E-state index contributed by atoms with van der Waals surface area (Å²) in [6, 6.07) is 15.3. The van der Waals surface area contributed by atoms with E-state index in [1.54, 1.807) is 0 Å². The van der Waals surface area contributed by atoms with E-state index in [9.17, 15) is 14.4 Å². The molecule has 2 atom stereocenters. The predicted molar refractivity (Wildman–Crippen MR) is 128 cm³/mol. The van der Waals surface area contributed by atoms with Crippen LogP contribution in [0.3, 0.4) is 0 Å². The molecule has 0 heterocycles. The van der Waals surface area contributed by atoms with Crippen molar-refractivity contribution in [3.8, 4) is 11.5 Å². The van der Waals surface area contributed by atoms with Gasteiger partial charge in [0.1, 0.15) is 43.7 Å². The van der Waals surface area contributed by atoms with E-state index in [1.165, 1.54) is 13.8 Å². The first-order chi connectivity index (χ1) is 16.2. The standard InChI is InChI=1S/C27H34O7/c1-19(17-23-5-9-25(10-6-23)33-15-13-31-21(3)28)27(30)20(2)18-24-7-11-26(12-8-24)34-16-14-32-22(4)29/h5-12,19-20H,13-18H2,1-4H3. The minimum absolute atomic E-state index is 0.102. The molecule has 7 nitrogen and oxygen atoms in total. The van der Waals surface area contributed by atoms with Gasteiger partial charge in [0.25, 0.3) is 0 Å². The third kappa shape index (κ3) is 10.1. The van der Waals surface area contributed by atoms with Crippen molar-refractivity contribution in [2.75, 3.05) is 26.4 Å². The zero-order valence-corrected chi connectivity index (χ0v) is 20.4. The lowest BCUT2D eigenvalue weighted by Gasteiger charge is -2.17. The van der Waals surface area contributed by atoms with Gasteiger partial charge in [0.05, 0.1) is 0 Å². The number of hydrogen-bond donors (Lipinski definition) is 0. The van der Waals surface area contributed by atoms with Crippen LogP contribution in [0, 0.1) is 11.8 Å². The topological polar surface area (TPSA) is 88.1 Å². The molecular weight excluding hydrogens is 436 g/mol. The number of hydrogen-bond acceptors (Lipinski definition) is 7. The monoisotopic (exact) mass is 470 g/mol. The second-order valence-electron chi connectivity index (χ2n) is 8.28. The molecule has 2 rings (SSSR count). The molecule has 0 aliphatic carbocycles. The molecule has 0 spiro atoms. The van der Waals surface area contributed by atoms with Crippen LogP contribution in [0.25, 0.3) is 0 Å². The highest BCUT2D eigenvalue weighted by Crippen LogP contribution is 2.21. The largest absolute Gasteiger partial charge is 0.490 e. The summed E-state index contributed by atoms with van der Waals surface area (Å²) in [6.07, 6.45) is 1.32. The van der Waals surface area contributed by atoms with Crippen molar-refractivity contribution in [2.45, 2.75) is 40.5 Å². The molecule has 34 heavy (non-hydrogen) atoms. The van der Waals surface area contributed by atoms with Crippen LogP contribution in [0.15, 0.2) is 48.5 Å². The maximum Gasteiger partial charge on any atom is 0.302 e. The fraction of sp³-hybridized carbons (Fsp3) is 0.444. The summed E-state index contributed by atoms with van der Waals surface area (Å²) < 4.78 is 20.8. The second kappa shape index (κ2) is 14.0. The van der Waals surface area contributed by atoms with Gasteiger partial charge in [0.15, 0.2) is 0 Å². The fourth-order valence-electron chi connectivity index (χ4n) is 3.53. The maximum atomic E-state index is 12.9. The summed E-state index contributed by atoms with van der Waals surface area (Å²) in [6.45, 7) is 7.67. The van der Waals surface area contributed by atoms with Gasteiger partial charge in [-0.15, -0.1) is 0 Å². The fourth-order valence-corrected chi connectivity index (χ4v) is 3.53. The van der Waals surface area contributed by atoms with Gasteiger partial charge in [0.2, 0.25) is 0 Å². The van der Waals surface area contributed by atoms with Crippen LogP contribution >= 0.6 is 0 Å². The molecule has 2 aromatic carbocycles. The summed E-state index contributed by atoms with van der Waals surface area (Å²) in [7, 11) is 0. The summed E-state index contributed by atoms with van der Waals surface area (Å²) >= 11 is 0. The molecule has 2 aromatic rings. The average Bonchev–Trinajstić information content (AvgIpc) is 2.80. The molecule has 0 radical (unpaired) electrons. The van der Waals surface area contributed by atoms with E-state index in [1.807, 2.05) is 62.4 Å². The third-order valence-electron chi connectivity index (χ3n) is 5.22. The highest BCUT2D eigenvalue weighted by Gasteiger charge is 2.20. The van der Waals surface area contributed by atoms with Crippen molar-refractivity contribution < 1.29 is 33.3 Å². The van der Waals surface area contributed by atoms with E-state index in [0.29, 0.717) is 37.6 Å². The Kier molecular flexibility index (Phi) is 11.1. The molecular formula is C27H34O7. The zero-order chi connectivity index (χ0) is 24.9. The first-order valence-electron chi connectivity index (χ1n) is 11.5. The van der Waals surface area contributed by atoms with Gasteiger partial charge in [-0.25, -0.2) is 0 Å². The number of ketones is 1. The van der Waals surface area contributed by atoms with E-state index < -0.39 is 0 Å².